The summed E-state index contributed by atoms with van der Waals surface area (Å²) >= 11 is 9.37. The zero-order valence-corrected chi connectivity index (χ0v) is 15.4. The Labute approximate surface area is 150 Å². The first kappa shape index (κ1) is 17.8. The summed E-state index contributed by atoms with van der Waals surface area (Å²) in [6.45, 7) is 4.97. The Morgan fingerprint density at radius 2 is 2.04 bits per heavy atom. The quantitative estimate of drug-likeness (QED) is 0.672. The maximum atomic E-state index is 12.3. The molecule has 23 heavy (non-hydrogen) atoms. The van der Waals surface area contributed by atoms with Crippen molar-refractivity contribution in [3.8, 4) is 5.75 Å². The van der Waals surface area contributed by atoms with Crippen LogP contribution in [0.3, 0.4) is 0 Å². The van der Waals surface area contributed by atoms with Crippen molar-refractivity contribution in [2.75, 3.05) is 11.9 Å². The van der Waals surface area contributed by atoms with E-state index in [1.54, 1.807) is 42.5 Å². The Bertz CT molecular complexity index is 688. The number of benzene rings is 2. The molecule has 2 aromatic carbocycles. The van der Waals surface area contributed by atoms with E-state index in [-0.39, 0.29) is 5.91 Å². The van der Waals surface area contributed by atoms with Crippen molar-refractivity contribution in [1.29, 1.82) is 0 Å². The van der Waals surface area contributed by atoms with Gasteiger partial charge in [-0.05, 0) is 64.7 Å². The molecule has 2 rings (SSSR count). The van der Waals surface area contributed by atoms with E-state index >= 15 is 0 Å². The number of halogens is 2. The Kier molecular flexibility index (Phi) is 6.48. The van der Waals surface area contributed by atoms with Gasteiger partial charge in [-0.15, -0.1) is 0 Å². The second kappa shape index (κ2) is 8.37. The lowest BCUT2D eigenvalue weighted by atomic mass is 10.1. The Hall–Kier alpha value is -1.52. The molecule has 2 aromatic rings. The Morgan fingerprint density at radius 3 is 2.70 bits per heavy atom. The van der Waals surface area contributed by atoms with Gasteiger partial charge in [0.25, 0.3) is 5.91 Å². The summed E-state index contributed by atoms with van der Waals surface area (Å²) in [7, 11) is 0. The number of nitrogens with one attached hydrogen (secondary N) is 1. The fraction of sp³-hybridized carbons (Fsp3) is 0.278. The highest BCUT2D eigenvalue weighted by Gasteiger charge is 2.10. The van der Waals surface area contributed by atoms with Crippen molar-refractivity contribution in [3.63, 3.8) is 0 Å². The van der Waals surface area contributed by atoms with Gasteiger partial charge in [-0.1, -0.05) is 31.5 Å². The highest BCUT2D eigenvalue weighted by Crippen LogP contribution is 2.27. The molecule has 0 bridgehead atoms. The van der Waals surface area contributed by atoms with E-state index in [1.165, 1.54) is 0 Å². The molecule has 0 spiro atoms. The van der Waals surface area contributed by atoms with Crippen LogP contribution in [-0.2, 0) is 0 Å². The molecule has 0 saturated heterocycles. The van der Waals surface area contributed by atoms with Crippen molar-refractivity contribution in [2.45, 2.75) is 20.3 Å². The molecular weight excluding hydrogens is 378 g/mol. The third kappa shape index (κ3) is 5.56. The average Bonchev–Trinajstić information content (AvgIpc) is 2.48. The molecular formula is C18H19BrClNO2. The lowest BCUT2D eigenvalue weighted by molar-refractivity contribution is 0.102. The topological polar surface area (TPSA) is 38.3 Å². The zero-order chi connectivity index (χ0) is 16.8. The van der Waals surface area contributed by atoms with Crippen molar-refractivity contribution in [2.24, 2.45) is 5.92 Å². The van der Waals surface area contributed by atoms with Crippen molar-refractivity contribution < 1.29 is 9.53 Å². The van der Waals surface area contributed by atoms with Gasteiger partial charge in [0.15, 0.2) is 0 Å². The molecule has 1 N–H and O–H groups in total. The highest BCUT2D eigenvalue weighted by atomic mass is 79.9. The molecule has 122 valence electrons. The normalized spacial score (nSPS) is 10.7. The minimum atomic E-state index is -0.193. The van der Waals surface area contributed by atoms with E-state index in [2.05, 4.69) is 35.1 Å². The summed E-state index contributed by atoms with van der Waals surface area (Å²) in [5, 5.41) is 3.40. The van der Waals surface area contributed by atoms with Crippen molar-refractivity contribution >= 4 is 39.1 Å². The second-order valence-electron chi connectivity index (χ2n) is 5.64. The molecule has 0 aliphatic carbocycles. The molecule has 0 heterocycles. The van der Waals surface area contributed by atoms with E-state index in [0.717, 1.165) is 16.6 Å². The van der Waals surface area contributed by atoms with Crippen LogP contribution in [0.4, 0.5) is 5.69 Å². The minimum absolute atomic E-state index is 0.193. The first-order valence-electron chi connectivity index (χ1n) is 7.45. The molecule has 0 saturated carbocycles. The first-order chi connectivity index (χ1) is 11.0. The molecule has 0 atom stereocenters. The van der Waals surface area contributed by atoms with Crippen LogP contribution in [0.1, 0.15) is 30.6 Å². The maximum absolute atomic E-state index is 12.3. The molecule has 5 heteroatoms. The Balaban J connectivity index is 2.02. The standard InChI is InChI=1S/C18H19BrClNO2/c1-12(2)8-9-23-17-7-6-13(10-16(17)19)18(22)21-15-5-3-4-14(20)11-15/h3-7,10-12H,8-9H2,1-2H3,(H,21,22). The number of ether oxygens (including phenoxy) is 1. The molecule has 0 fully saturated rings. The maximum Gasteiger partial charge on any atom is 0.255 e. The third-order valence-corrected chi connectivity index (χ3v) is 4.08. The lowest BCUT2D eigenvalue weighted by Gasteiger charge is -2.11. The van der Waals surface area contributed by atoms with Gasteiger partial charge in [0, 0.05) is 16.3 Å². The van der Waals surface area contributed by atoms with Crippen LogP contribution in [0.25, 0.3) is 0 Å². The van der Waals surface area contributed by atoms with Crippen LogP contribution in [0.2, 0.25) is 5.02 Å². The van der Waals surface area contributed by atoms with Gasteiger partial charge in [-0.25, -0.2) is 0 Å². The van der Waals surface area contributed by atoms with Gasteiger partial charge in [0.2, 0.25) is 0 Å². The van der Waals surface area contributed by atoms with E-state index in [0.29, 0.717) is 28.8 Å². The molecule has 0 aliphatic heterocycles. The number of amides is 1. The number of rotatable bonds is 6. The number of carbonyl (C=O) groups excluding carboxylic acids is 1. The lowest BCUT2D eigenvalue weighted by Crippen LogP contribution is -2.12. The van der Waals surface area contributed by atoms with Crippen LogP contribution in [0.15, 0.2) is 46.9 Å². The van der Waals surface area contributed by atoms with E-state index in [9.17, 15) is 4.79 Å². The monoisotopic (exact) mass is 395 g/mol. The van der Waals surface area contributed by atoms with E-state index in [4.69, 9.17) is 16.3 Å². The summed E-state index contributed by atoms with van der Waals surface area (Å²) in [5.74, 6) is 1.14. The van der Waals surface area contributed by atoms with Crippen LogP contribution in [0.5, 0.6) is 5.75 Å². The fourth-order valence-corrected chi connectivity index (χ4v) is 2.62. The van der Waals surface area contributed by atoms with Crippen LogP contribution in [0, 0.1) is 5.92 Å². The first-order valence-corrected chi connectivity index (χ1v) is 8.62. The summed E-state index contributed by atoms with van der Waals surface area (Å²) in [5.41, 5.74) is 1.21. The van der Waals surface area contributed by atoms with Crippen molar-refractivity contribution in [3.05, 3.63) is 57.5 Å². The van der Waals surface area contributed by atoms with Crippen LogP contribution in [-0.4, -0.2) is 12.5 Å². The number of hydrogen-bond donors (Lipinski definition) is 1. The SMILES string of the molecule is CC(C)CCOc1ccc(C(=O)Nc2cccc(Cl)c2)cc1Br. The van der Waals surface area contributed by atoms with Gasteiger partial charge < -0.3 is 10.1 Å². The largest absolute Gasteiger partial charge is 0.492 e. The molecule has 0 aromatic heterocycles. The highest BCUT2D eigenvalue weighted by molar-refractivity contribution is 9.10. The second-order valence-corrected chi connectivity index (χ2v) is 6.93. The Morgan fingerprint density at radius 1 is 1.26 bits per heavy atom. The molecule has 0 aliphatic rings. The summed E-state index contributed by atoms with van der Waals surface area (Å²) in [4.78, 5) is 12.3. The van der Waals surface area contributed by atoms with Crippen LogP contribution >= 0.6 is 27.5 Å². The van der Waals surface area contributed by atoms with Gasteiger partial charge >= 0.3 is 0 Å². The predicted octanol–water partition coefficient (Wildman–Crippen LogP) is 5.78. The third-order valence-electron chi connectivity index (χ3n) is 3.23. The smallest absolute Gasteiger partial charge is 0.255 e. The van der Waals surface area contributed by atoms with E-state index in [1.807, 2.05) is 0 Å². The predicted molar refractivity (Wildman–Crippen MR) is 98.5 cm³/mol. The van der Waals surface area contributed by atoms with Gasteiger partial charge in [0.1, 0.15) is 5.75 Å². The number of carbonyl (C=O) groups is 1. The zero-order valence-electron chi connectivity index (χ0n) is 13.1. The molecule has 3 nitrogen and oxygen atoms in total. The number of hydrogen-bond acceptors (Lipinski definition) is 2. The number of anilines is 1. The molecule has 0 radical (unpaired) electrons. The fourth-order valence-electron chi connectivity index (χ4n) is 1.93. The van der Waals surface area contributed by atoms with Crippen LogP contribution < -0.4 is 10.1 Å². The molecule has 1 amide bonds. The van der Waals surface area contributed by atoms with E-state index < -0.39 is 0 Å². The summed E-state index contributed by atoms with van der Waals surface area (Å²) in [6.07, 6.45) is 0.990. The van der Waals surface area contributed by atoms with Gasteiger partial charge in [0.05, 0.1) is 11.1 Å². The van der Waals surface area contributed by atoms with Gasteiger partial charge in [-0.3, -0.25) is 4.79 Å². The molecule has 0 unspecified atom stereocenters. The summed E-state index contributed by atoms with van der Waals surface area (Å²) in [6, 6.07) is 12.4. The van der Waals surface area contributed by atoms with Gasteiger partial charge in [-0.2, -0.15) is 0 Å². The average molecular weight is 397 g/mol. The minimum Gasteiger partial charge on any atom is -0.492 e. The van der Waals surface area contributed by atoms with Crippen molar-refractivity contribution in [1.82, 2.24) is 0 Å². The summed E-state index contributed by atoms with van der Waals surface area (Å²) < 4.78 is 6.48.